The molecule has 0 aromatic heterocycles. The average molecular weight is 469 g/mol. The molecule has 0 spiro atoms. The molecule has 0 unspecified atom stereocenters. The first-order valence-electron chi connectivity index (χ1n) is 0. The summed E-state index contributed by atoms with van der Waals surface area (Å²) in [6.45, 7) is 0. The largest absolute Gasteiger partial charge is 0 e. The minimum absolute atomic E-state index is 0. The summed E-state index contributed by atoms with van der Waals surface area (Å²) in [5, 5.41) is 0. The Morgan fingerprint density at radius 3 is 0.250 bits per heavy atom. The van der Waals surface area contributed by atoms with Crippen LogP contribution in [0.2, 0.25) is 0 Å². The quantitative estimate of drug-likeness (QED) is 0.315. The summed E-state index contributed by atoms with van der Waals surface area (Å²) in [4.78, 5) is 0. The van der Waals surface area contributed by atoms with Crippen LogP contribution in [0.3, 0.4) is 0 Å². The molecule has 0 aromatic rings. The molecule has 0 bridgehead atoms. The first-order chi connectivity index (χ1) is 0. The van der Waals surface area contributed by atoms with Crippen molar-refractivity contribution in [2.45, 2.75) is 0 Å². The van der Waals surface area contributed by atoms with Crippen LogP contribution in [0.5, 0.6) is 0 Å². The molecule has 0 saturated carbocycles. The molecular weight excluding hydrogens is 457 g/mol. The second-order valence-electron chi connectivity index (χ2n) is 0. The Hall–Kier alpha value is 5.20. The van der Waals surface area contributed by atoms with Crippen molar-refractivity contribution in [2.75, 3.05) is 0 Å². The van der Waals surface area contributed by atoms with E-state index in [0.29, 0.717) is 0 Å². The second kappa shape index (κ2) is 56.6. The van der Waals surface area contributed by atoms with E-state index < -0.39 is 0 Å². The van der Waals surface area contributed by atoms with E-state index in [9.17, 15) is 0 Å². The van der Waals surface area contributed by atoms with Crippen LogP contribution >= 0.6 is 0 Å². The Balaban J connectivity index is 0. The molecule has 0 rings (SSSR count). The third-order valence-corrected chi connectivity index (χ3v) is 0. The molecular formula is H12Ge3Ti5. The molecule has 0 aromatic carbocycles. The van der Waals surface area contributed by atoms with Crippen LogP contribution in [-0.4, -0.2) is 52.8 Å². The van der Waals surface area contributed by atoms with E-state index in [2.05, 4.69) is 0 Å². The topological polar surface area (TPSA) is 0 Å². The molecule has 0 saturated heterocycles. The van der Waals surface area contributed by atoms with E-state index in [1.165, 1.54) is 0 Å². The maximum Gasteiger partial charge on any atom is 0 e. The zero-order valence-electron chi connectivity index (χ0n) is 2.50. The fraction of sp³-hybridized carbons (Fsp3) is 0. The van der Waals surface area contributed by atoms with Crippen LogP contribution in [0.4, 0.5) is 0 Å². The Bertz CT molecular complexity index is 7.64. The molecule has 0 aliphatic carbocycles. The van der Waals surface area contributed by atoms with Crippen molar-refractivity contribution in [1.29, 1.82) is 0 Å². The van der Waals surface area contributed by atoms with Gasteiger partial charge in [-0.15, -0.1) is 0 Å². The van der Waals surface area contributed by atoms with E-state index in [1.807, 2.05) is 0 Å². The van der Waals surface area contributed by atoms with Gasteiger partial charge < -0.3 is 0 Å². The Labute approximate surface area is 158 Å². The van der Waals surface area contributed by atoms with Gasteiger partial charge in [0.15, 0.2) is 0 Å². The van der Waals surface area contributed by atoms with Crippen LogP contribution in [0.1, 0.15) is 0 Å². The van der Waals surface area contributed by atoms with E-state index in [4.69, 9.17) is 0 Å². The van der Waals surface area contributed by atoms with Gasteiger partial charge >= 0.3 is 52.8 Å². The van der Waals surface area contributed by atoms with E-state index in [1.54, 1.807) is 0 Å². The van der Waals surface area contributed by atoms with Gasteiger partial charge in [-0.3, -0.25) is 0 Å². The molecule has 8 heteroatoms. The van der Waals surface area contributed by atoms with Crippen LogP contribution in [-0.2, 0) is 109 Å². The maximum atomic E-state index is 0. The number of rotatable bonds is 0. The van der Waals surface area contributed by atoms with Gasteiger partial charge in [0.2, 0.25) is 0 Å². The average Bonchev–Trinajstić information content (AvgIpc) is 0. The van der Waals surface area contributed by atoms with E-state index in [-0.39, 0.29) is 161 Å². The molecule has 8 heavy (non-hydrogen) atoms. The first-order valence-corrected chi connectivity index (χ1v) is 0. The molecule has 0 radical (unpaired) electrons. The smallest absolute Gasteiger partial charge is 0 e. The Morgan fingerprint density at radius 2 is 0.250 bits per heavy atom. The van der Waals surface area contributed by atoms with Crippen molar-refractivity contribution in [2.24, 2.45) is 0 Å². The molecule has 0 fully saturated rings. The predicted octanol–water partition coefficient (Wildman–Crippen LogP) is -4.37. The fourth-order valence-electron chi connectivity index (χ4n) is 0. The zero-order chi connectivity index (χ0) is 0. The van der Waals surface area contributed by atoms with Crippen molar-refractivity contribution in [3.8, 4) is 0 Å². The first kappa shape index (κ1) is 72.7. The zero-order valence-corrected chi connectivity index (χ0v) is 10.3. The third-order valence-electron chi connectivity index (χ3n) is 0. The maximum absolute atomic E-state index is 0. The van der Waals surface area contributed by atoms with Gasteiger partial charge in [-0.1, -0.05) is 0 Å². The van der Waals surface area contributed by atoms with Crippen molar-refractivity contribution in [3.63, 3.8) is 0 Å². The normalized spacial score (nSPS) is 0. The molecule has 0 amide bonds. The minimum atomic E-state index is 0. The van der Waals surface area contributed by atoms with Gasteiger partial charge in [0.05, 0.1) is 0 Å². The molecule has 0 aliphatic rings. The number of hydrogen-bond donors (Lipinski definition) is 0. The van der Waals surface area contributed by atoms with Gasteiger partial charge in [0, 0.05) is 109 Å². The summed E-state index contributed by atoms with van der Waals surface area (Å²) in [6.07, 6.45) is 0. The summed E-state index contributed by atoms with van der Waals surface area (Å²) < 4.78 is 0. The monoisotopic (exact) mass is 474 g/mol. The third kappa shape index (κ3) is 43.1. The molecule has 0 nitrogen and oxygen atoms in total. The summed E-state index contributed by atoms with van der Waals surface area (Å²) in [6, 6.07) is 0. The fourth-order valence-corrected chi connectivity index (χ4v) is 0. The minimum Gasteiger partial charge on any atom is 0 e. The van der Waals surface area contributed by atoms with E-state index >= 15 is 0 Å². The number of hydrogen-bond acceptors (Lipinski definition) is 0. The van der Waals surface area contributed by atoms with E-state index in [0.717, 1.165) is 0 Å². The van der Waals surface area contributed by atoms with Crippen molar-refractivity contribution in [1.82, 2.24) is 0 Å². The van der Waals surface area contributed by atoms with Gasteiger partial charge in [-0.25, -0.2) is 0 Å². The van der Waals surface area contributed by atoms with Crippen LogP contribution in [0.15, 0.2) is 0 Å². The Morgan fingerprint density at radius 1 is 0.250 bits per heavy atom. The van der Waals surface area contributed by atoms with Crippen LogP contribution in [0.25, 0.3) is 0 Å². The van der Waals surface area contributed by atoms with Gasteiger partial charge in [-0.2, -0.15) is 0 Å². The molecule has 0 heterocycles. The van der Waals surface area contributed by atoms with Crippen LogP contribution < -0.4 is 0 Å². The predicted molar refractivity (Wildman–Crippen MR) is 34.0 cm³/mol. The summed E-state index contributed by atoms with van der Waals surface area (Å²) in [7, 11) is 0. The van der Waals surface area contributed by atoms with Gasteiger partial charge in [-0.05, 0) is 0 Å². The van der Waals surface area contributed by atoms with Gasteiger partial charge in [0.25, 0.3) is 0 Å². The summed E-state index contributed by atoms with van der Waals surface area (Å²) >= 11 is 0. The van der Waals surface area contributed by atoms with Crippen molar-refractivity contribution >= 4 is 52.8 Å². The molecule has 0 aliphatic heterocycles. The second-order valence-corrected chi connectivity index (χ2v) is 0. The Kier molecular flexibility index (Phi) is 514. The molecule has 0 atom stereocenters. The van der Waals surface area contributed by atoms with Crippen molar-refractivity contribution in [3.05, 3.63) is 0 Å². The summed E-state index contributed by atoms with van der Waals surface area (Å²) in [5.41, 5.74) is 0. The molecule has 0 N–H and O–H groups in total. The standard InChI is InChI=1S/3GeH4.5Ti/h3*1H4;;;;;. The van der Waals surface area contributed by atoms with Gasteiger partial charge in [0.1, 0.15) is 0 Å². The molecule has 44 valence electrons. The van der Waals surface area contributed by atoms with Crippen molar-refractivity contribution < 1.29 is 109 Å². The summed E-state index contributed by atoms with van der Waals surface area (Å²) in [5.74, 6) is 0. The van der Waals surface area contributed by atoms with Crippen LogP contribution in [0, 0.1) is 0 Å². The SMILES string of the molecule is [GeH4].[GeH4].[GeH4].[Ti].[Ti].[Ti].[Ti].[Ti].